The first-order chi connectivity index (χ1) is 8.66. The Labute approximate surface area is 107 Å². The van der Waals surface area contributed by atoms with Gasteiger partial charge in [-0.1, -0.05) is 42.0 Å². The zero-order chi connectivity index (χ0) is 13.0. The van der Waals surface area contributed by atoms with E-state index >= 15 is 0 Å². The van der Waals surface area contributed by atoms with Gasteiger partial charge < -0.3 is 15.4 Å². The van der Waals surface area contributed by atoms with Crippen LogP contribution >= 0.6 is 0 Å². The van der Waals surface area contributed by atoms with E-state index in [1.165, 1.54) is 0 Å². The topological polar surface area (TPSA) is 52.5 Å². The summed E-state index contributed by atoms with van der Waals surface area (Å²) in [5, 5.41) is 21.6. The van der Waals surface area contributed by atoms with E-state index in [0.717, 1.165) is 16.8 Å². The van der Waals surface area contributed by atoms with Crippen LogP contribution in [-0.2, 0) is 6.54 Å². The van der Waals surface area contributed by atoms with Crippen LogP contribution in [0.5, 0.6) is 0 Å². The fourth-order valence-electron chi connectivity index (χ4n) is 1.90. The van der Waals surface area contributed by atoms with Gasteiger partial charge in [-0.2, -0.15) is 0 Å². The molecule has 3 N–H and O–H groups in total. The molecule has 0 bridgehead atoms. The van der Waals surface area contributed by atoms with E-state index in [9.17, 15) is 0 Å². The summed E-state index contributed by atoms with van der Waals surface area (Å²) in [6.07, 6.45) is 0. The van der Waals surface area contributed by atoms with Crippen LogP contribution in [0.2, 0.25) is 0 Å². The average Bonchev–Trinajstić information content (AvgIpc) is 2.37. The van der Waals surface area contributed by atoms with E-state index in [1.54, 1.807) is 6.07 Å². The summed E-state index contributed by atoms with van der Waals surface area (Å²) in [6.45, 7) is 2.59. The van der Waals surface area contributed by atoms with Crippen molar-refractivity contribution in [2.75, 3.05) is 5.32 Å². The Bertz CT molecular complexity index is 514. The number of nitrogens with one attached hydrogen (secondary N) is 1. The van der Waals surface area contributed by atoms with Gasteiger partial charge in [-0.05, 0) is 30.1 Å². The zero-order valence-corrected chi connectivity index (χ0v) is 10.3. The Morgan fingerprint density at radius 1 is 1.06 bits per heavy atom. The van der Waals surface area contributed by atoms with Gasteiger partial charge in [0.15, 0.2) is 0 Å². The van der Waals surface area contributed by atoms with Crippen LogP contribution in [0.15, 0.2) is 48.5 Å². The minimum absolute atomic E-state index is 0.554. The van der Waals surface area contributed by atoms with Crippen molar-refractivity contribution >= 4 is 18.3 Å². The summed E-state index contributed by atoms with van der Waals surface area (Å²) in [5.74, 6) is 0. The molecule has 4 heteroatoms. The van der Waals surface area contributed by atoms with Gasteiger partial charge in [-0.15, -0.1) is 0 Å². The molecule has 0 amide bonds. The number of para-hydroxylation sites is 1. The van der Waals surface area contributed by atoms with Crippen molar-refractivity contribution in [1.82, 2.24) is 0 Å². The molecule has 0 radical (unpaired) electrons. The number of hydrogen-bond donors (Lipinski definition) is 3. The van der Waals surface area contributed by atoms with Crippen molar-refractivity contribution in [2.45, 2.75) is 13.5 Å². The van der Waals surface area contributed by atoms with E-state index in [4.69, 9.17) is 10.0 Å². The summed E-state index contributed by atoms with van der Waals surface area (Å²) in [4.78, 5) is 0. The Morgan fingerprint density at radius 2 is 1.78 bits per heavy atom. The molecule has 0 aromatic heterocycles. The third kappa shape index (κ3) is 3.12. The van der Waals surface area contributed by atoms with E-state index in [1.807, 2.05) is 49.4 Å². The molecule has 0 atom stereocenters. The van der Waals surface area contributed by atoms with Crippen molar-refractivity contribution in [3.63, 3.8) is 0 Å². The van der Waals surface area contributed by atoms with Gasteiger partial charge >= 0.3 is 7.12 Å². The van der Waals surface area contributed by atoms with Gasteiger partial charge in [0, 0.05) is 12.2 Å². The molecule has 0 unspecified atom stereocenters. The lowest BCUT2D eigenvalue weighted by atomic mass is 9.77. The second-order valence-corrected chi connectivity index (χ2v) is 4.28. The van der Waals surface area contributed by atoms with Crippen LogP contribution in [0.25, 0.3) is 0 Å². The average molecular weight is 241 g/mol. The van der Waals surface area contributed by atoms with Crippen molar-refractivity contribution in [3.8, 4) is 0 Å². The van der Waals surface area contributed by atoms with Gasteiger partial charge in [0.2, 0.25) is 0 Å². The van der Waals surface area contributed by atoms with Gasteiger partial charge in [0.25, 0.3) is 0 Å². The highest BCUT2D eigenvalue weighted by Crippen LogP contribution is 2.09. The molecule has 92 valence electrons. The molecule has 0 heterocycles. The Kier molecular flexibility index (Phi) is 4.02. The van der Waals surface area contributed by atoms with Crippen LogP contribution < -0.4 is 10.8 Å². The summed E-state index contributed by atoms with van der Waals surface area (Å²) in [5.41, 5.74) is 3.62. The molecule has 0 aliphatic carbocycles. The Morgan fingerprint density at radius 3 is 2.39 bits per heavy atom. The molecule has 0 fully saturated rings. The molecule has 2 aromatic carbocycles. The molecule has 0 aliphatic rings. The van der Waals surface area contributed by atoms with Crippen molar-refractivity contribution < 1.29 is 10.0 Å². The van der Waals surface area contributed by atoms with Crippen LogP contribution in [0.4, 0.5) is 5.69 Å². The lowest BCUT2D eigenvalue weighted by molar-refractivity contribution is 0.425. The number of aryl methyl sites for hydroxylation is 1. The summed E-state index contributed by atoms with van der Waals surface area (Å²) < 4.78 is 0. The highest BCUT2D eigenvalue weighted by molar-refractivity contribution is 6.59. The van der Waals surface area contributed by atoms with Crippen molar-refractivity contribution in [2.24, 2.45) is 0 Å². The maximum Gasteiger partial charge on any atom is 0.488 e. The number of rotatable bonds is 4. The van der Waals surface area contributed by atoms with Crippen LogP contribution in [-0.4, -0.2) is 17.2 Å². The molecule has 0 spiro atoms. The van der Waals surface area contributed by atoms with Gasteiger partial charge in [-0.3, -0.25) is 0 Å². The molecule has 0 aliphatic heterocycles. The van der Waals surface area contributed by atoms with Gasteiger partial charge in [0.05, 0.1) is 0 Å². The molecule has 18 heavy (non-hydrogen) atoms. The maximum atomic E-state index is 9.14. The SMILES string of the molecule is Cc1cc(CNc2ccccc2)ccc1B(O)O. The first-order valence-corrected chi connectivity index (χ1v) is 5.91. The second kappa shape index (κ2) is 5.71. The Balaban J connectivity index is 2.05. The lowest BCUT2D eigenvalue weighted by Crippen LogP contribution is -2.32. The van der Waals surface area contributed by atoms with E-state index < -0.39 is 7.12 Å². The third-order valence-corrected chi connectivity index (χ3v) is 2.88. The van der Waals surface area contributed by atoms with Crippen LogP contribution in [0.3, 0.4) is 0 Å². The molecular weight excluding hydrogens is 225 g/mol. The summed E-state index contributed by atoms with van der Waals surface area (Å²) in [7, 11) is -1.40. The van der Waals surface area contributed by atoms with Crippen LogP contribution in [0.1, 0.15) is 11.1 Å². The molecule has 2 rings (SSSR count). The molecule has 2 aromatic rings. The van der Waals surface area contributed by atoms with Gasteiger partial charge in [-0.25, -0.2) is 0 Å². The zero-order valence-electron chi connectivity index (χ0n) is 10.3. The molecule has 3 nitrogen and oxygen atoms in total. The monoisotopic (exact) mass is 241 g/mol. The summed E-state index contributed by atoms with van der Waals surface area (Å²) in [6, 6.07) is 15.6. The number of benzene rings is 2. The molecular formula is C14H16BNO2. The minimum Gasteiger partial charge on any atom is -0.423 e. The highest BCUT2D eigenvalue weighted by Gasteiger charge is 2.13. The van der Waals surface area contributed by atoms with E-state index in [-0.39, 0.29) is 0 Å². The van der Waals surface area contributed by atoms with Crippen molar-refractivity contribution in [1.29, 1.82) is 0 Å². The maximum absolute atomic E-state index is 9.14. The van der Waals surface area contributed by atoms with Crippen LogP contribution in [0, 0.1) is 6.92 Å². The predicted molar refractivity (Wildman–Crippen MR) is 74.8 cm³/mol. The highest BCUT2D eigenvalue weighted by atomic mass is 16.4. The van der Waals surface area contributed by atoms with Gasteiger partial charge in [0.1, 0.15) is 0 Å². The molecule has 0 saturated carbocycles. The minimum atomic E-state index is -1.40. The first kappa shape index (κ1) is 12.7. The van der Waals surface area contributed by atoms with Crippen molar-refractivity contribution in [3.05, 3.63) is 59.7 Å². The number of anilines is 1. The second-order valence-electron chi connectivity index (χ2n) is 4.28. The standard InChI is InChI=1S/C14H16BNO2/c1-11-9-12(7-8-14(11)15(17)18)10-16-13-5-3-2-4-6-13/h2-9,16-18H,10H2,1H3. The smallest absolute Gasteiger partial charge is 0.423 e. The predicted octanol–water partition coefficient (Wildman–Crippen LogP) is 1.29. The lowest BCUT2D eigenvalue weighted by Gasteiger charge is -2.09. The van der Waals surface area contributed by atoms with E-state index in [2.05, 4.69) is 5.32 Å². The fraction of sp³-hybridized carbons (Fsp3) is 0.143. The largest absolute Gasteiger partial charge is 0.488 e. The fourth-order valence-corrected chi connectivity index (χ4v) is 1.90. The number of hydrogen-bond acceptors (Lipinski definition) is 3. The normalized spacial score (nSPS) is 10.2. The summed E-state index contributed by atoms with van der Waals surface area (Å²) >= 11 is 0. The van der Waals surface area contributed by atoms with E-state index in [0.29, 0.717) is 12.0 Å². The first-order valence-electron chi connectivity index (χ1n) is 5.91. The molecule has 0 saturated heterocycles. The Hall–Kier alpha value is -1.78. The quantitative estimate of drug-likeness (QED) is 0.707. The third-order valence-electron chi connectivity index (χ3n) is 2.88.